The molecule has 0 saturated carbocycles. The average Bonchev–Trinajstić information content (AvgIpc) is 3.21. The zero-order valence-corrected chi connectivity index (χ0v) is 17.1. The number of carbonyl (C=O) groups is 2. The number of benzene rings is 1. The molecule has 1 aromatic heterocycles. The van der Waals surface area contributed by atoms with Crippen molar-refractivity contribution >= 4 is 34.8 Å². The first-order valence-electron chi connectivity index (χ1n) is 8.98. The Kier molecular flexibility index (Phi) is 6.19. The molecular formula is C20H24ClN3O2S. The minimum Gasteiger partial charge on any atom is -0.338 e. The van der Waals surface area contributed by atoms with Gasteiger partial charge < -0.3 is 9.80 Å². The Morgan fingerprint density at radius 1 is 1.07 bits per heavy atom. The van der Waals surface area contributed by atoms with E-state index in [1.165, 1.54) is 11.3 Å². The van der Waals surface area contributed by atoms with Crippen molar-refractivity contribution in [1.82, 2.24) is 15.1 Å². The van der Waals surface area contributed by atoms with Gasteiger partial charge >= 0.3 is 0 Å². The van der Waals surface area contributed by atoms with Crippen LogP contribution in [0, 0.1) is 0 Å². The van der Waals surface area contributed by atoms with Gasteiger partial charge in [-0.1, -0.05) is 29.8 Å². The highest BCUT2D eigenvalue weighted by molar-refractivity contribution is 7.12. The Morgan fingerprint density at radius 3 is 2.30 bits per heavy atom. The van der Waals surface area contributed by atoms with Gasteiger partial charge in [-0.15, -0.1) is 11.3 Å². The zero-order chi connectivity index (χ0) is 19.4. The van der Waals surface area contributed by atoms with Crippen molar-refractivity contribution in [3.05, 3.63) is 57.2 Å². The lowest BCUT2D eigenvalue weighted by atomic mass is 9.94. The molecule has 7 heteroatoms. The molecule has 2 amide bonds. The third kappa shape index (κ3) is 4.89. The first-order valence-corrected chi connectivity index (χ1v) is 10.2. The number of carbonyl (C=O) groups excluding carboxylic acids is 2. The Hall–Kier alpha value is -1.89. The summed E-state index contributed by atoms with van der Waals surface area (Å²) in [5.41, 5.74) is 0.739. The summed E-state index contributed by atoms with van der Waals surface area (Å²) < 4.78 is 0. The lowest BCUT2D eigenvalue weighted by Crippen LogP contribution is -2.53. The van der Waals surface area contributed by atoms with Gasteiger partial charge in [-0.05, 0) is 43.0 Å². The lowest BCUT2D eigenvalue weighted by Gasteiger charge is -2.35. The van der Waals surface area contributed by atoms with Crippen LogP contribution in [-0.2, 0) is 10.3 Å². The van der Waals surface area contributed by atoms with Crippen molar-refractivity contribution in [2.24, 2.45) is 0 Å². The summed E-state index contributed by atoms with van der Waals surface area (Å²) in [7, 11) is 0. The van der Waals surface area contributed by atoms with Crippen LogP contribution in [0.5, 0.6) is 0 Å². The van der Waals surface area contributed by atoms with E-state index in [0.29, 0.717) is 31.2 Å². The second-order valence-corrected chi connectivity index (χ2v) is 8.52. The Labute approximate surface area is 168 Å². The molecule has 0 atom stereocenters. The van der Waals surface area contributed by atoms with Crippen LogP contribution in [0.4, 0.5) is 0 Å². The molecule has 2 heterocycles. The topological polar surface area (TPSA) is 52.7 Å². The summed E-state index contributed by atoms with van der Waals surface area (Å²) in [6.45, 7) is 6.63. The van der Waals surface area contributed by atoms with Gasteiger partial charge in [0.15, 0.2) is 0 Å². The molecule has 1 N–H and O–H groups in total. The Balaban J connectivity index is 1.49. The second kappa shape index (κ2) is 8.42. The summed E-state index contributed by atoms with van der Waals surface area (Å²) in [5, 5.41) is 5.93. The maximum absolute atomic E-state index is 12.6. The van der Waals surface area contributed by atoms with Crippen LogP contribution in [0.2, 0.25) is 5.02 Å². The van der Waals surface area contributed by atoms with Crippen LogP contribution in [0.25, 0.3) is 0 Å². The standard InChI is InChI=1S/C20H24ClN3O2S/c1-20(2,15-5-7-16(21)8-6-15)22-14-18(25)23-9-11-24(12-10-23)19(26)17-4-3-13-27-17/h3-8,13,22H,9-12,14H2,1-2H3. The van der Waals surface area contributed by atoms with Crippen molar-refractivity contribution in [2.45, 2.75) is 19.4 Å². The molecule has 3 rings (SSSR count). The lowest BCUT2D eigenvalue weighted by molar-refractivity contribution is -0.132. The van der Waals surface area contributed by atoms with Crippen molar-refractivity contribution in [3.63, 3.8) is 0 Å². The molecule has 1 aliphatic heterocycles. The molecule has 5 nitrogen and oxygen atoms in total. The average molecular weight is 406 g/mol. The predicted octanol–water partition coefficient (Wildman–Crippen LogP) is 3.21. The van der Waals surface area contributed by atoms with Crippen LogP contribution in [-0.4, -0.2) is 54.3 Å². The fourth-order valence-corrected chi connectivity index (χ4v) is 3.91. The molecule has 27 heavy (non-hydrogen) atoms. The van der Waals surface area contributed by atoms with E-state index in [-0.39, 0.29) is 23.9 Å². The highest BCUT2D eigenvalue weighted by Crippen LogP contribution is 2.22. The molecule has 0 spiro atoms. The zero-order valence-electron chi connectivity index (χ0n) is 15.6. The predicted molar refractivity (Wildman–Crippen MR) is 109 cm³/mol. The quantitative estimate of drug-likeness (QED) is 0.831. The molecule has 0 aliphatic carbocycles. The molecule has 1 aliphatic rings. The van der Waals surface area contributed by atoms with Crippen LogP contribution in [0.1, 0.15) is 29.1 Å². The van der Waals surface area contributed by atoms with Crippen LogP contribution < -0.4 is 5.32 Å². The molecule has 1 aromatic carbocycles. The largest absolute Gasteiger partial charge is 0.338 e. The van der Waals surface area contributed by atoms with Crippen LogP contribution in [0.3, 0.4) is 0 Å². The maximum atomic E-state index is 12.6. The first-order chi connectivity index (χ1) is 12.9. The van der Waals surface area contributed by atoms with Gasteiger partial charge in [-0.2, -0.15) is 0 Å². The van der Waals surface area contributed by atoms with Crippen LogP contribution >= 0.6 is 22.9 Å². The van der Waals surface area contributed by atoms with E-state index in [1.807, 2.05) is 65.4 Å². The smallest absolute Gasteiger partial charge is 0.264 e. The fourth-order valence-electron chi connectivity index (χ4n) is 3.09. The van der Waals surface area contributed by atoms with Crippen LogP contribution in [0.15, 0.2) is 41.8 Å². The molecule has 0 unspecified atom stereocenters. The summed E-state index contributed by atoms with van der Waals surface area (Å²) in [5.74, 6) is 0.111. The SMILES string of the molecule is CC(C)(NCC(=O)N1CCN(C(=O)c2cccs2)CC1)c1ccc(Cl)cc1. The molecule has 2 aromatic rings. The monoisotopic (exact) mass is 405 g/mol. The minimum atomic E-state index is -0.336. The normalized spacial score (nSPS) is 15.1. The number of halogens is 1. The van der Waals surface area contributed by atoms with Gasteiger partial charge in [0, 0.05) is 36.7 Å². The first kappa shape index (κ1) is 19.9. The maximum Gasteiger partial charge on any atom is 0.264 e. The van der Waals surface area contributed by atoms with Crippen molar-refractivity contribution in [3.8, 4) is 0 Å². The Morgan fingerprint density at radius 2 is 1.70 bits per heavy atom. The number of nitrogens with zero attached hydrogens (tertiary/aromatic N) is 2. The molecular weight excluding hydrogens is 382 g/mol. The van der Waals surface area contributed by atoms with E-state index in [0.717, 1.165) is 10.4 Å². The summed E-state index contributed by atoms with van der Waals surface area (Å²) in [6.07, 6.45) is 0. The minimum absolute atomic E-state index is 0.0547. The highest BCUT2D eigenvalue weighted by atomic mass is 35.5. The van der Waals surface area contributed by atoms with Gasteiger partial charge in [-0.25, -0.2) is 0 Å². The number of hydrogen-bond donors (Lipinski definition) is 1. The van der Waals surface area contributed by atoms with Crippen molar-refractivity contribution in [1.29, 1.82) is 0 Å². The fraction of sp³-hybridized carbons (Fsp3) is 0.400. The van der Waals surface area contributed by atoms with Crippen molar-refractivity contribution in [2.75, 3.05) is 32.7 Å². The third-order valence-electron chi connectivity index (χ3n) is 4.90. The van der Waals surface area contributed by atoms with Gasteiger partial charge in [0.2, 0.25) is 5.91 Å². The van der Waals surface area contributed by atoms with E-state index in [9.17, 15) is 9.59 Å². The van der Waals surface area contributed by atoms with Crippen molar-refractivity contribution < 1.29 is 9.59 Å². The third-order valence-corrected chi connectivity index (χ3v) is 6.01. The number of nitrogens with one attached hydrogen (secondary N) is 1. The number of hydrogen-bond acceptors (Lipinski definition) is 4. The number of piperazine rings is 1. The summed E-state index contributed by atoms with van der Waals surface area (Å²) in [6, 6.07) is 11.4. The van der Waals surface area contributed by atoms with Gasteiger partial charge in [0.05, 0.1) is 11.4 Å². The van der Waals surface area contributed by atoms with Gasteiger partial charge in [0.25, 0.3) is 5.91 Å². The molecule has 144 valence electrons. The van der Waals surface area contributed by atoms with Gasteiger partial charge in [-0.3, -0.25) is 14.9 Å². The van der Waals surface area contributed by atoms with Gasteiger partial charge in [0.1, 0.15) is 0 Å². The molecule has 0 bridgehead atoms. The molecule has 1 fully saturated rings. The van der Waals surface area contributed by atoms with E-state index >= 15 is 0 Å². The Bertz CT molecular complexity index is 782. The number of thiophene rings is 1. The summed E-state index contributed by atoms with van der Waals surface area (Å²) in [4.78, 5) is 29.4. The van der Waals surface area contributed by atoms with E-state index < -0.39 is 0 Å². The molecule has 0 radical (unpaired) electrons. The number of rotatable bonds is 5. The highest BCUT2D eigenvalue weighted by Gasteiger charge is 2.27. The second-order valence-electron chi connectivity index (χ2n) is 7.14. The van der Waals surface area contributed by atoms with E-state index in [1.54, 1.807) is 0 Å². The number of amides is 2. The molecule has 1 saturated heterocycles. The van der Waals surface area contributed by atoms with E-state index in [4.69, 9.17) is 11.6 Å². The summed E-state index contributed by atoms with van der Waals surface area (Å²) >= 11 is 7.40. The van der Waals surface area contributed by atoms with E-state index in [2.05, 4.69) is 5.32 Å².